The summed E-state index contributed by atoms with van der Waals surface area (Å²) >= 11 is 0. The van der Waals surface area contributed by atoms with E-state index in [4.69, 9.17) is 0 Å². The number of rotatable bonds is 8. The van der Waals surface area contributed by atoms with Gasteiger partial charge in [-0.2, -0.15) is 0 Å². The van der Waals surface area contributed by atoms with Crippen LogP contribution in [0.3, 0.4) is 0 Å². The van der Waals surface area contributed by atoms with E-state index in [0.29, 0.717) is 0 Å². The molecule has 1 radical (unpaired) electrons. The molecular formula is C19H27N3+. The van der Waals surface area contributed by atoms with Crippen LogP contribution in [-0.4, -0.2) is 44.1 Å². The van der Waals surface area contributed by atoms with Crippen LogP contribution in [0, 0.1) is 0 Å². The predicted molar refractivity (Wildman–Crippen MR) is 93.6 cm³/mol. The van der Waals surface area contributed by atoms with Crippen LogP contribution in [-0.2, 0) is 13.1 Å². The van der Waals surface area contributed by atoms with Gasteiger partial charge in [-0.05, 0) is 19.7 Å². The number of hydrogen-bond donors (Lipinski definition) is 0. The average molecular weight is 297 g/mol. The van der Waals surface area contributed by atoms with Gasteiger partial charge in [0.15, 0.2) is 6.54 Å². The minimum atomic E-state index is 0.932. The molecule has 0 bridgehead atoms. The van der Waals surface area contributed by atoms with Gasteiger partial charge in [-0.1, -0.05) is 65.7 Å². The Labute approximate surface area is 134 Å². The largest absolute Gasteiger partial charge is 0.308 e. The maximum Gasteiger partial charge on any atom is 0.170 e. The lowest BCUT2D eigenvalue weighted by Gasteiger charge is -2.23. The summed E-state index contributed by atoms with van der Waals surface area (Å²) in [5, 5.41) is 4.74. The van der Waals surface area contributed by atoms with Crippen LogP contribution in [0.1, 0.15) is 11.1 Å². The summed E-state index contributed by atoms with van der Waals surface area (Å²) in [4.78, 5) is 2.23. The third-order valence-corrected chi connectivity index (χ3v) is 3.75. The van der Waals surface area contributed by atoms with E-state index < -0.39 is 0 Å². The van der Waals surface area contributed by atoms with Gasteiger partial charge in [-0.25, -0.2) is 0 Å². The summed E-state index contributed by atoms with van der Waals surface area (Å²) in [7, 11) is 6.42. The van der Waals surface area contributed by atoms with Crippen molar-refractivity contribution in [3.05, 3.63) is 71.8 Å². The van der Waals surface area contributed by atoms with Gasteiger partial charge < -0.3 is 4.90 Å². The molecule has 2 aromatic carbocycles. The van der Waals surface area contributed by atoms with E-state index in [0.717, 1.165) is 26.2 Å². The summed E-state index contributed by atoms with van der Waals surface area (Å²) < 4.78 is 0. The van der Waals surface area contributed by atoms with Crippen molar-refractivity contribution in [2.75, 3.05) is 34.2 Å². The van der Waals surface area contributed by atoms with Crippen LogP contribution in [0.2, 0.25) is 0 Å². The number of hydrazine groups is 1. The topological polar surface area (TPSA) is 12.4 Å². The molecule has 0 amide bonds. The highest BCUT2D eigenvalue weighted by atomic mass is 15.6. The first-order chi connectivity index (χ1) is 10.6. The van der Waals surface area contributed by atoms with Crippen LogP contribution in [0.5, 0.6) is 0 Å². The molecule has 0 atom stereocenters. The lowest BCUT2D eigenvalue weighted by Crippen LogP contribution is -2.46. The third kappa shape index (κ3) is 5.60. The monoisotopic (exact) mass is 297 g/mol. The van der Waals surface area contributed by atoms with Gasteiger partial charge >= 0.3 is 0 Å². The van der Waals surface area contributed by atoms with E-state index in [-0.39, 0.29) is 0 Å². The summed E-state index contributed by atoms with van der Waals surface area (Å²) in [5.74, 6) is 0. The van der Waals surface area contributed by atoms with E-state index in [9.17, 15) is 0 Å². The van der Waals surface area contributed by atoms with Crippen molar-refractivity contribution in [3.8, 4) is 0 Å². The zero-order valence-corrected chi connectivity index (χ0v) is 13.9. The number of benzene rings is 2. The van der Waals surface area contributed by atoms with Crippen LogP contribution in [0.25, 0.3) is 0 Å². The van der Waals surface area contributed by atoms with Gasteiger partial charge in [0, 0.05) is 12.1 Å². The quantitative estimate of drug-likeness (QED) is 0.549. The highest BCUT2D eigenvalue weighted by molar-refractivity contribution is 5.16. The smallest absolute Gasteiger partial charge is 0.170 e. The van der Waals surface area contributed by atoms with Crippen molar-refractivity contribution in [2.24, 2.45) is 0 Å². The third-order valence-electron chi connectivity index (χ3n) is 3.75. The normalized spacial score (nSPS) is 11.5. The molecule has 2 aromatic rings. The molecule has 22 heavy (non-hydrogen) atoms. The van der Waals surface area contributed by atoms with Gasteiger partial charge in [0.1, 0.15) is 7.05 Å². The zero-order valence-electron chi connectivity index (χ0n) is 13.9. The Hall–Kier alpha value is -1.68. The average Bonchev–Trinajstić information content (AvgIpc) is 2.53. The first kappa shape index (κ1) is 16.7. The van der Waals surface area contributed by atoms with E-state index in [1.54, 1.807) is 0 Å². The molecule has 0 aliphatic rings. The molecule has 0 aliphatic heterocycles. The molecule has 0 heterocycles. The Morgan fingerprint density at radius 1 is 0.773 bits per heavy atom. The van der Waals surface area contributed by atoms with E-state index >= 15 is 0 Å². The fraction of sp³-hybridized carbons (Fsp3) is 0.368. The van der Waals surface area contributed by atoms with Crippen LogP contribution >= 0.6 is 0 Å². The van der Waals surface area contributed by atoms with Crippen LogP contribution in [0.15, 0.2) is 60.7 Å². The molecule has 0 saturated heterocycles. The fourth-order valence-corrected chi connectivity index (χ4v) is 2.43. The Balaban J connectivity index is 2.02. The van der Waals surface area contributed by atoms with Crippen molar-refractivity contribution in [2.45, 2.75) is 13.1 Å². The summed E-state index contributed by atoms with van der Waals surface area (Å²) in [5.41, 5.74) is 2.69. The van der Waals surface area contributed by atoms with Crippen molar-refractivity contribution in [3.63, 3.8) is 0 Å². The maximum absolute atomic E-state index is 2.42. The molecule has 3 heteroatoms. The Morgan fingerprint density at radius 2 is 1.32 bits per heavy atom. The zero-order chi connectivity index (χ0) is 15.8. The van der Waals surface area contributed by atoms with E-state index in [2.05, 4.69) is 96.7 Å². The molecule has 2 rings (SSSR count). The van der Waals surface area contributed by atoms with E-state index in [1.807, 2.05) is 0 Å². The van der Waals surface area contributed by atoms with Gasteiger partial charge in [-0.3, -0.25) is 0 Å². The first-order valence-electron chi connectivity index (χ1n) is 7.84. The van der Waals surface area contributed by atoms with Crippen molar-refractivity contribution >= 4 is 0 Å². The Bertz CT molecular complexity index is 525. The summed E-state index contributed by atoms with van der Waals surface area (Å²) in [6.07, 6.45) is 0. The van der Waals surface area contributed by atoms with Gasteiger partial charge in [0.25, 0.3) is 0 Å². The minimum absolute atomic E-state index is 0.932. The minimum Gasteiger partial charge on any atom is -0.308 e. The molecular weight excluding hydrogens is 270 g/mol. The van der Waals surface area contributed by atoms with Crippen molar-refractivity contribution in [1.29, 1.82) is 0 Å². The molecule has 0 fully saturated rings. The van der Waals surface area contributed by atoms with Gasteiger partial charge in [0.2, 0.25) is 0 Å². The predicted octanol–water partition coefficient (Wildman–Crippen LogP) is 2.94. The Kier molecular flexibility index (Phi) is 6.59. The van der Waals surface area contributed by atoms with Crippen LogP contribution < -0.4 is 5.01 Å². The Morgan fingerprint density at radius 3 is 1.86 bits per heavy atom. The highest BCUT2D eigenvalue weighted by Crippen LogP contribution is 2.08. The highest BCUT2D eigenvalue weighted by Gasteiger charge is 2.21. The first-order valence-corrected chi connectivity index (χ1v) is 7.84. The summed E-state index contributed by atoms with van der Waals surface area (Å²) in [6.45, 7) is 3.94. The number of likely N-dealkylation sites (N-methyl/N-ethyl adjacent to an activating group) is 1. The van der Waals surface area contributed by atoms with Crippen LogP contribution in [0.4, 0.5) is 0 Å². The molecule has 117 valence electrons. The lowest BCUT2D eigenvalue weighted by molar-refractivity contribution is 0.0662. The fourth-order valence-electron chi connectivity index (χ4n) is 2.43. The molecule has 0 unspecified atom stereocenters. The second-order valence-corrected chi connectivity index (χ2v) is 5.98. The van der Waals surface area contributed by atoms with E-state index in [1.165, 1.54) is 11.1 Å². The molecule has 3 nitrogen and oxygen atoms in total. The van der Waals surface area contributed by atoms with Crippen molar-refractivity contribution in [1.82, 2.24) is 14.9 Å². The second-order valence-electron chi connectivity index (χ2n) is 5.98. The standard InChI is InChI=1S/C19H27N3/c1-20(2)14-15-22(17-19-12-8-5-9-13-19)21(3)16-18-10-6-4-7-11-18/h4-13H,14-17H2,1-3H3/q+1. The molecule has 0 aromatic heterocycles. The molecule has 0 N–H and O–H groups in total. The van der Waals surface area contributed by atoms with Gasteiger partial charge in [0.05, 0.1) is 13.1 Å². The van der Waals surface area contributed by atoms with Gasteiger partial charge in [-0.15, -0.1) is 5.01 Å². The number of hydrogen-bond acceptors (Lipinski definition) is 3. The maximum atomic E-state index is 2.42. The second kappa shape index (κ2) is 8.69. The molecule has 0 saturated carbocycles. The SMILES string of the molecule is CN(C)CCN(Cc1ccccc1)[N+](C)Cc1ccccc1. The molecule has 0 aliphatic carbocycles. The molecule has 0 spiro atoms. The summed E-state index contributed by atoms with van der Waals surface area (Å²) in [6, 6.07) is 21.3. The van der Waals surface area contributed by atoms with Crippen molar-refractivity contribution < 1.29 is 0 Å². The number of nitrogens with zero attached hydrogens (tertiary/aromatic N) is 3. The lowest BCUT2D eigenvalue weighted by atomic mass is 10.2.